The molecule has 0 bridgehead atoms. The van der Waals surface area contributed by atoms with Crippen LogP contribution in [0.2, 0.25) is 0 Å². The predicted octanol–water partition coefficient (Wildman–Crippen LogP) is 4.09. The molecule has 13 nitrogen and oxygen atoms in total. The Balaban J connectivity index is 1.12. The molecule has 0 saturated heterocycles. The van der Waals surface area contributed by atoms with Gasteiger partial charge in [0.25, 0.3) is 0 Å². The van der Waals surface area contributed by atoms with Crippen LogP contribution in [0, 0.1) is 18.3 Å². The molecule has 4 heterocycles. The fourth-order valence-electron chi connectivity index (χ4n) is 5.94. The lowest BCUT2D eigenvalue weighted by Crippen LogP contribution is -2.52. The molecule has 1 aliphatic carbocycles. The SMILES string of the molecule is Cc1cc(CNc2nc(NC3CCC(N(c4ccc(-c5cnn(C)c5)cn4)C(O)NCc4ccccc4)CC3)ncc2C#N)nn1C. The van der Waals surface area contributed by atoms with Gasteiger partial charge < -0.3 is 20.6 Å². The highest BCUT2D eigenvalue weighted by molar-refractivity contribution is 5.62. The molecule has 47 heavy (non-hydrogen) atoms. The third-order valence-corrected chi connectivity index (χ3v) is 8.58. The Labute approximate surface area is 274 Å². The quantitative estimate of drug-likeness (QED) is 0.147. The standard InChI is InChI=1S/C34H40N12O/c1-23-15-29(43-45(23)3)21-37-32-26(16-35)19-38-33(42-32)41-28-10-12-30(13-11-28)46(34(47)39-17-24-7-5-4-6-8-24)31-14-9-25(18-36-31)27-20-40-44(2)22-27/h4-9,14-15,18-20,22,28,30,34,39,47H,10-13,17,21H2,1-3H3,(H2,37,38,41,42). The number of hydrogen-bond donors (Lipinski definition) is 4. The summed E-state index contributed by atoms with van der Waals surface area (Å²) in [7, 11) is 3.79. The van der Waals surface area contributed by atoms with Gasteiger partial charge in [-0.1, -0.05) is 30.3 Å². The van der Waals surface area contributed by atoms with E-state index in [1.807, 2.05) is 97.7 Å². The molecule has 1 aliphatic rings. The van der Waals surface area contributed by atoms with E-state index in [1.165, 1.54) is 0 Å². The third kappa shape index (κ3) is 7.74. The van der Waals surface area contributed by atoms with Gasteiger partial charge in [0.15, 0.2) is 6.35 Å². The van der Waals surface area contributed by atoms with Crippen LogP contribution in [0.15, 0.2) is 73.3 Å². The van der Waals surface area contributed by atoms with E-state index in [0.29, 0.717) is 36.2 Å². The minimum absolute atomic E-state index is 0.0593. The normalized spacial score (nSPS) is 16.7. The summed E-state index contributed by atoms with van der Waals surface area (Å²) >= 11 is 0. The van der Waals surface area contributed by atoms with Crippen LogP contribution in [0.3, 0.4) is 0 Å². The summed E-state index contributed by atoms with van der Waals surface area (Å²) < 4.78 is 3.58. The van der Waals surface area contributed by atoms with Gasteiger partial charge >= 0.3 is 0 Å². The molecular weight excluding hydrogens is 592 g/mol. The fourth-order valence-corrected chi connectivity index (χ4v) is 5.94. The zero-order valence-corrected chi connectivity index (χ0v) is 26.9. The maximum Gasteiger partial charge on any atom is 0.224 e. The highest BCUT2D eigenvalue weighted by Gasteiger charge is 2.31. The number of aliphatic hydroxyl groups is 1. The summed E-state index contributed by atoms with van der Waals surface area (Å²) in [5, 5.41) is 39.9. The maximum absolute atomic E-state index is 11.5. The lowest BCUT2D eigenvalue weighted by molar-refractivity contribution is 0.112. The molecule has 0 radical (unpaired) electrons. The number of hydrogen-bond acceptors (Lipinski definition) is 11. The number of benzene rings is 1. The zero-order chi connectivity index (χ0) is 32.8. The maximum atomic E-state index is 11.5. The van der Waals surface area contributed by atoms with E-state index in [9.17, 15) is 10.4 Å². The van der Waals surface area contributed by atoms with Gasteiger partial charge in [0.05, 0.1) is 24.6 Å². The van der Waals surface area contributed by atoms with Gasteiger partial charge in [-0.05, 0) is 56.4 Å². The topological polar surface area (TPSA) is 158 Å². The van der Waals surface area contributed by atoms with Crippen LogP contribution in [0.1, 0.15) is 48.2 Å². The van der Waals surface area contributed by atoms with Gasteiger partial charge in [-0.3, -0.25) is 14.7 Å². The number of aromatic nitrogens is 7. The van der Waals surface area contributed by atoms with Crippen LogP contribution in [-0.2, 0) is 27.2 Å². The lowest BCUT2D eigenvalue weighted by Gasteiger charge is -2.40. The summed E-state index contributed by atoms with van der Waals surface area (Å²) in [6.45, 7) is 2.97. The molecule has 1 saturated carbocycles. The van der Waals surface area contributed by atoms with Gasteiger partial charge in [-0.15, -0.1) is 0 Å². The van der Waals surface area contributed by atoms with E-state index in [4.69, 9.17) is 4.98 Å². The first-order valence-corrected chi connectivity index (χ1v) is 15.8. The molecule has 1 unspecified atom stereocenters. The third-order valence-electron chi connectivity index (χ3n) is 8.58. The molecule has 242 valence electrons. The Bertz CT molecular complexity index is 1780. The van der Waals surface area contributed by atoms with Crippen molar-refractivity contribution in [3.05, 3.63) is 95.8 Å². The number of nitrogens with one attached hydrogen (secondary N) is 3. The van der Waals surface area contributed by atoms with Gasteiger partial charge in [-0.2, -0.15) is 20.4 Å². The molecule has 1 atom stereocenters. The Morgan fingerprint density at radius 3 is 2.47 bits per heavy atom. The summed E-state index contributed by atoms with van der Waals surface area (Å²) in [5.74, 6) is 1.65. The molecule has 1 fully saturated rings. The smallest absolute Gasteiger partial charge is 0.224 e. The lowest BCUT2D eigenvalue weighted by atomic mass is 9.90. The number of anilines is 3. The summed E-state index contributed by atoms with van der Waals surface area (Å²) in [6, 6.07) is 18.4. The highest BCUT2D eigenvalue weighted by atomic mass is 16.3. The van der Waals surface area contributed by atoms with Gasteiger partial charge in [0.2, 0.25) is 5.95 Å². The van der Waals surface area contributed by atoms with Gasteiger partial charge in [0, 0.05) is 61.9 Å². The van der Waals surface area contributed by atoms with Crippen molar-refractivity contribution in [2.24, 2.45) is 14.1 Å². The van der Waals surface area contributed by atoms with Crippen molar-refractivity contribution >= 4 is 17.6 Å². The number of aliphatic hydroxyl groups excluding tert-OH is 1. The Morgan fingerprint density at radius 2 is 1.81 bits per heavy atom. The minimum Gasteiger partial charge on any atom is -0.363 e. The first-order chi connectivity index (χ1) is 22.9. The molecule has 1 aromatic carbocycles. The van der Waals surface area contributed by atoms with Gasteiger partial charge in [0.1, 0.15) is 23.3 Å². The first kappa shape index (κ1) is 31.7. The molecule has 4 aromatic heterocycles. The van der Waals surface area contributed by atoms with Crippen molar-refractivity contribution < 1.29 is 5.11 Å². The molecule has 4 N–H and O–H groups in total. The summed E-state index contributed by atoms with van der Waals surface area (Å²) in [5.41, 5.74) is 5.34. The number of pyridine rings is 1. The minimum atomic E-state index is -0.931. The van der Waals surface area contributed by atoms with Crippen LogP contribution in [0.5, 0.6) is 0 Å². The van der Waals surface area contributed by atoms with E-state index >= 15 is 0 Å². The number of rotatable bonds is 12. The Hall–Kier alpha value is -5.32. The van der Waals surface area contributed by atoms with Crippen molar-refractivity contribution in [3.63, 3.8) is 0 Å². The number of nitrogens with zero attached hydrogens (tertiary/aromatic N) is 9. The predicted molar refractivity (Wildman–Crippen MR) is 180 cm³/mol. The Kier molecular flexibility index (Phi) is 9.70. The van der Waals surface area contributed by atoms with E-state index in [1.54, 1.807) is 10.9 Å². The van der Waals surface area contributed by atoms with Crippen molar-refractivity contribution in [2.75, 3.05) is 15.5 Å². The van der Waals surface area contributed by atoms with E-state index in [2.05, 4.69) is 42.2 Å². The van der Waals surface area contributed by atoms with Crippen LogP contribution in [-0.4, -0.2) is 58.1 Å². The fraction of sp³-hybridized carbons (Fsp3) is 0.353. The highest BCUT2D eigenvalue weighted by Crippen LogP contribution is 2.30. The average Bonchev–Trinajstić information content (AvgIpc) is 3.68. The largest absolute Gasteiger partial charge is 0.363 e. The van der Waals surface area contributed by atoms with Gasteiger partial charge in [-0.25, -0.2) is 9.97 Å². The van der Waals surface area contributed by atoms with E-state index in [0.717, 1.165) is 53.8 Å². The van der Waals surface area contributed by atoms with Crippen molar-refractivity contribution in [3.8, 4) is 17.2 Å². The number of nitriles is 1. The second-order valence-electron chi connectivity index (χ2n) is 11.9. The molecular formula is C34H40N12O. The van der Waals surface area contributed by atoms with Crippen LogP contribution in [0.25, 0.3) is 11.1 Å². The zero-order valence-electron chi connectivity index (χ0n) is 26.9. The first-order valence-electron chi connectivity index (χ1n) is 15.8. The van der Waals surface area contributed by atoms with E-state index < -0.39 is 6.35 Å². The van der Waals surface area contributed by atoms with Crippen molar-refractivity contribution in [1.29, 1.82) is 5.26 Å². The summed E-state index contributed by atoms with van der Waals surface area (Å²) in [6.07, 6.45) is 9.57. The molecule has 0 aliphatic heterocycles. The number of aryl methyl sites for hydroxylation is 3. The monoisotopic (exact) mass is 632 g/mol. The molecule has 0 spiro atoms. The molecule has 13 heteroatoms. The van der Waals surface area contributed by atoms with Crippen molar-refractivity contribution in [2.45, 2.75) is 64.1 Å². The van der Waals surface area contributed by atoms with Crippen LogP contribution >= 0.6 is 0 Å². The Morgan fingerprint density at radius 1 is 1.00 bits per heavy atom. The second-order valence-corrected chi connectivity index (χ2v) is 11.9. The molecule has 5 aromatic rings. The van der Waals surface area contributed by atoms with Crippen LogP contribution < -0.4 is 20.9 Å². The van der Waals surface area contributed by atoms with Crippen molar-refractivity contribution in [1.82, 2.24) is 39.8 Å². The van der Waals surface area contributed by atoms with E-state index in [-0.39, 0.29) is 12.1 Å². The molecule has 0 amide bonds. The van der Waals surface area contributed by atoms with Crippen LogP contribution in [0.4, 0.5) is 17.6 Å². The summed E-state index contributed by atoms with van der Waals surface area (Å²) in [4.78, 5) is 15.8. The average molecular weight is 633 g/mol. The molecule has 6 rings (SSSR count). The second kappa shape index (κ2) is 14.4.